The van der Waals surface area contributed by atoms with E-state index in [0.29, 0.717) is 5.56 Å². The van der Waals surface area contributed by atoms with Gasteiger partial charge in [0.25, 0.3) is 0 Å². The highest BCUT2D eigenvalue weighted by Crippen LogP contribution is 2.35. The van der Waals surface area contributed by atoms with E-state index in [-0.39, 0.29) is 20.8 Å². The first-order valence-corrected chi connectivity index (χ1v) is 10.6. The Kier molecular flexibility index (Phi) is 6.97. The van der Waals surface area contributed by atoms with Gasteiger partial charge in [0, 0.05) is 0 Å². The molecule has 0 fully saturated rings. The summed E-state index contributed by atoms with van der Waals surface area (Å²) in [6.07, 6.45) is 0.947. The molecule has 1 amide bonds. The van der Waals surface area contributed by atoms with Gasteiger partial charge in [-0.15, -0.1) is 0 Å². The maximum Gasteiger partial charge on any atom is 0.241 e. The molecule has 5 nitrogen and oxygen atoms in total. The van der Waals surface area contributed by atoms with Gasteiger partial charge in [-0.3, -0.25) is 9.10 Å². The number of carbonyl (C=O) groups is 1. The standard InChI is InChI=1S/C17H16Cl3FN2O3S/c1-10(11-3-5-12(21)6-4-11)22-17(24)9-23(27(2,25)26)16-8-14(19)13(18)7-15(16)20/h3-8,10H,9H2,1-2H3,(H,22,24). The first-order valence-electron chi connectivity index (χ1n) is 7.66. The fraction of sp³-hybridized carbons (Fsp3) is 0.235. The molecular formula is C17H16Cl3FN2O3S. The topological polar surface area (TPSA) is 66.5 Å². The molecule has 2 aromatic rings. The van der Waals surface area contributed by atoms with Crippen molar-refractivity contribution in [1.29, 1.82) is 0 Å². The molecule has 1 atom stereocenters. The first-order chi connectivity index (χ1) is 12.5. The molecule has 0 aliphatic carbocycles. The van der Waals surface area contributed by atoms with Crippen LogP contribution in [0.5, 0.6) is 0 Å². The van der Waals surface area contributed by atoms with Gasteiger partial charge < -0.3 is 5.32 Å². The molecule has 0 heterocycles. The molecule has 0 bridgehead atoms. The molecule has 0 saturated carbocycles. The van der Waals surface area contributed by atoms with Crippen molar-refractivity contribution < 1.29 is 17.6 Å². The molecule has 10 heteroatoms. The minimum atomic E-state index is -3.83. The third kappa shape index (κ3) is 5.72. The van der Waals surface area contributed by atoms with Gasteiger partial charge in [0.05, 0.1) is 33.1 Å². The number of halogens is 4. The SMILES string of the molecule is CC(NC(=O)CN(c1cc(Cl)c(Cl)cc1Cl)S(C)(=O)=O)c1ccc(F)cc1. The monoisotopic (exact) mass is 452 g/mol. The van der Waals surface area contributed by atoms with Crippen LogP contribution in [0.15, 0.2) is 36.4 Å². The van der Waals surface area contributed by atoms with E-state index in [0.717, 1.165) is 10.6 Å². The molecule has 27 heavy (non-hydrogen) atoms. The van der Waals surface area contributed by atoms with Crippen molar-refractivity contribution >= 4 is 56.4 Å². The summed E-state index contributed by atoms with van der Waals surface area (Å²) in [5.74, 6) is -0.964. The van der Waals surface area contributed by atoms with E-state index >= 15 is 0 Å². The van der Waals surface area contributed by atoms with Crippen LogP contribution in [0.4, 0.5) is 10.1 Å². The molecule has 0 radical (unpaired) electrons. The highest BCUT2D eigenvalue weighted by Gasteiger charge is 2.25. The summed E-state index contributed by atoms with van der Waals surface area (Å²) in [6, 6.07) is 7.74. The average molecular weight is 454 g/mol. The maximum atomic E-state index is 13.0. The molecular weight excluding hydrogens is 438 g/mol. The second kappa shape index (κ2) is 8.65. The summed E-state index contributed by atoms with van der Waals surface area (Å²) in [6.45, 7) is 1.18. The Hall–Kier alpha value is -1.54. The highest BCUT2D eigenvalue weighted by atomic mass is 35.5. The van der Waals surface area contributed by atoms with E-state index in [1.165, 1.54) is 36.4 Å². The summed E-state index contributed by atoms with van der Waals surface area (Å²) >= 11 is 17.9. The molecule has 2 rings (SSSR count). The number of nitrogens with one attached hydrogen (secondary N) is 1. The molecule has 2 aromatic carbocycles. The van der Waals surface area contributed by atoms with Crippen molar-refractivity contribution in [3.8, 4) is 0 Å². The maximum absolute atomic E-state index is 13.0. The fourth-order valence-corrected chi connectivity index (χ4v) is 3.89. The number of amides is 1. The van der Waals surface area contributed by atoms with E-state index in [1.54, 1.807) is 6.92 Å². The van der Waals surface area contributed by atoms with Crippen molar-refractivity contribution in [2.45, 2.75) is 13.0 Å². The van der Waals surface area contributed by atoms with Crippen molar-refractivity contribution in [1.82, 2.24) is 5.32 Å². The second-order valence-electron chi connectivity index (χ2n) is 5.83. The lowest BCUT2D eigenvalue weighted by atomic mass is 10.1. The molecule has 1 unspecified atom stereocenters. The minimum absolute atomic E-state index is 0.0363. The van der Waals surface area contributed by atoms with Crippen molar-refractivity contribution in [3.05, 3.63) is 62.8 Å². The minimum Gasteiger partial charge on any atom is -0.348 e. The lowest BCUT2D eigenvalue weighted by molar-refractivity contribution is -0.120. The number of hydrogen-bond acceptors (Lipinski definition) is 3. The van der Waals surface area contributed by atoms with Gasteiger partial charge in [-0.2, -0.15) is 0 Å². The first kappa shape index (κ1) is 21.8. The van der Waals surface area contributed by atoms with E-state index in [1.807, 2.05) is 0 Å². The normalized spacial score (nSPS) is 12.5. The van der Waals surface area contributed by atoms with Gasteiger partial charge in [-0.25, -0.2) is 12.8 Å². The third-order valence-electron chi connectivity index (χ3n) is 3.69. The van der Waals surface area contributed by atoms with Gasteiger partial charge in [-0.05, 0) is 36.8 Å². The summed E-state index contributed by atoms with van der Waals surface area (Å²) in [4.78, 5) is 12.4. The van der Waals surface area contributed by atoms with Crippen LogP contribution in [0.3, 0.4) is 0 Å². The van der Waals surface area contributed by atoms with Crippen LogP contribution < -0.4 is 9.62 Å². The molecule has 146 valence electrons. The zero-order chi connectivity index (χ0) is 20.4. The predicted octanol–water partition coefficient (Wildman–Crippen LogP) is 4.43. The van der Waals surface area contributed by atoms with Crippen LogP contribution >= 0.6 is 34.8 Å². The van der Waals surface area contributed by atoms with E-state index < -0.39 is 34.3 Å². The van der Waals surface area contributed by atoms with Crippen LogP contribution in [-0.4, -0.2) is 27.1 Å². The molecule has 0 aliphatic rings. The Morgan fingerprint density at radius 2 is 1.67 bits per heavy atom. The quantitative estimate of drug-likeness (QED) is 0.658. The van der Waals surface area contributed by atoms with Crippen molar-refractivity contribution in [3.63, 3.8) is 0 Å². The van der Waals surface area contributed by atoms with Crippen LogP contribution in [0.2, 0.25) is 15.1 Å². The molecule has 0 spiro atoms. The van der Waals surface area contributed by atoms with Gasteiger partial charge >= 0.3 is 0 Å². The number of sulfonamides is 1. The largest absolute Gasteiger partial charge is 0.348 e. The average Bonchev–Trinajstić information content (AvgIpc) is 2.56. The summed E-state index contributed by atoms with van der Waals surface area (Å²) in [7, 11) is -3.83. The molecule has 0 aromatic heterocycles. The van der Waals surface area contributed by atoms with Crippen molar-refractivity contribution in [2.24, 2.45) is 0 Å². The lowest BCUT2D eigenvalue weighted by Crippen LogP contribution is -2.41. The third-order valence-corrected chi connectivity index (χ3v) is 5.84. The summed E-state index contributed by atoms with van der Waals surface area (Å²) < 4.78 is 38.2. The predicted molar refractivity (Wildman–Crippen MR) is 107 cm³/mol. The molecule has 0 aliphatic heterocycles. The number of anilines is 1. The summed E-state index contributed by atoms with van der Waals surface area (Å²) in [5.41, 5.74) is 0.710. The van der Waals surface area contributed by atoms with Crippen LogP contribution in [0.1, 0.15) is 18.5 Å². The summed E-state index contributed by atoms with van der Waals surface area (Å²) in [5, 5.41) is 2.96. The Morgan fingerprint density at radius 1 is 1.11 bits per heavy atom. The lowest BCUT2D eigenvalue weighted by Gasteiger charge is -2.24. The van der Waals surface area contributed by atoms with Gasteiger partial charge in [0.1, 0.15) is 12.4 Å². The van der Waals surface area contributed by atoms with Crippen LogP contribution in [0, 0.1) is 5.82 Å². The van der Waals surface area contributed by atoms with Gasteiger partial charge in [0.2, 0.25) is 15.9 Å². The number of carbonyl (C=O) groups excluding carboxylic acids is 1. The molecule has 0 saturated heterocycles. The fourth-order valence-electron chi connectivity index (χ4n) is 2.34. The Morgan fingerprint density at radius 3 is 2.22 bits per heavy atom. The number of rotatable bonds is 6. The second-order valence-corrected chi connectivity index (χ2v) is 8.96. The Bertz CT molecular complexity index is 953. The Labute approximate surface area is 172 Å². The van der Waals surface area contributed by atoms with Crippen LogP contribution in [-0.2, 0) is 14.8 Å². The number of nitrogens with zero attached hydrogens (tertiary/aromatic N) is 1. The van der Waals surface area contributed by atoms with E-state index in [9.17, 15) is 17.6 Å². The molecule has 1 N–H and O–H groups in total. The van der Waals surface area contributed by atoms with Gasteiger partial charge in [-0.1, -0.05) is 46.9 Å². The smallest absolute Gasteiger partial charge is 0.241 e. The zero-order valence-corrected chi connectivity index (χ0v) is 17.4. The van der Waals surface area contributed by atoms with Crippen molar-refractivity contribution in [2.75, 3.05) is 17.1 Å². The van der Waals surface area contributed by atoms with E-state index in [2.05, 4.69) is 5.32 Å². The highest BCUT2D eigenvalue weighted by molar-refractivity contribution is 7.92. The van der Waals surface area contributed by atoms with Crippen LogP contribution in [0.25, 0.3) is 0 Å². The zero-order valence-electron chi connectivity index (χ0n) is 14.3. The van der Waals surface area contributed by atoms with Gasteiger partial charge in [0.15, 0.2) is 0 Å². The number of hydrogen-bond donors (Lipinski definition) is 1. The number of benzene rings is 2. The van der Waals surface area contributed by atoms with E-state index in [4.69, 9.17) is 34.8 Å². The Balaban J connectivity index is 2.23.